The van der Waals surface area contributed by atoms with Crippen LogP contribution >= 0.6 is 0 Å². The Morgan fingerprint density at radius 3 is 2.65 bits per heavy atom. The minimum absolute atomic E-state index is 0.239. The van der Waals surface area contributed by atoms with Crippen LogP contribution in [0.15, 0.2) is 42.7 Å². The van der Waals surface area contributed by atoms with Crippen LogP contribution in [0, 0.1) is 12.3 Å². The molecule has 0 saturated heterocycles. The molecule has 0 aliphatic heterocycles. The summed E-state index contributed by atoms with van der Waals surface area (Å²) in [7, 11) is 0. The first-order chi connectivity index (χ1) is 9.69. The van der Waals surface area contributed by atoms with E-state index in [4.69, 9.17) is 11.5 Å². The number of rotatable bonds is 2. The fourth-order valence-corrected chi connectivity index (χ4v) is 1.92. The lowest BCUT2D eigenvalue weighted by atomic mass is 10.1. The molecule has 1 aromatic carbocycles. The van der Waals surface area contributed by atoms with E-state index in [0.29, 0.717) is 16.9 Å². The number of carboxylic acids is 1. The molecular weight excluding hydrogens is 254 g/mol. The van der Waals surface area contributed by atoms with E-state index in [2.05, 4.69) is 16.0 Å². The first kappa shape index (κ1) is 11.9. The van der Waals surface area contributed by atoms with E-state index in [-0.39, 0.29) is 5.56 Å². The average molecular weight is 263 g/mol. The second-order valence-electron chi connectivity index (χ2n) is 4.17. The summed E-state index contributed by atoms with van der Waals surface area (Å²) in [5, 5.41) is 13.0. The maximum atomic E-state index is 10.8. The molecule has 0 aliphatic rings. The number of carboxylic acid groups (broad SMARTS) is 1. The maximum absolute atomic E-state index is 10.8. The van der Waals surface area contributed by atoms with Crippen molar-refractivity contribution in [2.24, 2.45) is 0 Å². The van der Waals surface area contributed by atoms with Crippen molar-refractivity contribution in [2.75, 3.05) is 0 Å². The van der Waals surface area contributed by atoms with Crippen LogP contribution in [0.3, 0.4) is 0 Å². The molecular formula is C15H9N3O2. The van der Waals surface area contributed by atoms with Crippen LogP contribution in [0.25, 0.3) is 16.9 Å². The van der Waals surface area contributed by atoms with Gasteiger partial charge in [0.05, 0.1) is 23.0 Å². The second kappa shape index (κ2) is 4.52. The summed E-state index contributed by atoms with van der Waals surface area (Å²) >= 11 is 0. The molecule has 1 N–H and O–H groups in total. The molecule has 2 heterocycles. The van der Waals surface area contributed by atoms with Crippen molar-refractivity contribution in [3.8, 4) is 23.6 Å². The number of aromatic carboxylic acids is 1. The Bertz CT molecular complexity index is 842. The van der Waals surface area contributed by atoms with Crippen LogP contribution in [0.4, 0.5) is 0 Å². The fraction of sp³-hybridized carbons (Fsp3) is 0. The first-order valence-corrected chi connectivity index (χ1v) is 5.84. The average Bonchev–Trinajstić information content (AvgIpc) is 2.89. The van der Waals surface area contributed by atoms with Crippen molar-refractivity contribution in [1.82, 2.24) is 14.6 Å². The van der Waals surface area contributed by atoms with Crippen molar-refractivity contribution in [3.63, 3.8) is 0 Å². The van der Waals surface area contributed by atoms with Gasteiger partial charge in [0.15, 0.2) is 5.65 Å². The predicted molar refractivity (Wildman–Crippen MR) is 73.3 cm³/mol. The van der Waals surface area contributed by atoms with E-state index in [1.807, 2.05) is 0 Å². The van der Waals surface area contributed by atoms with Gasteiger partial charge < -0.3 is 5.11 Å². The Morgan fingerprint density at radius 1 is 1.25 bits per heavy atom. The Hall–Kier alpha value is -3.13. The lowest BCUT2D eigenvalue weighted by Gasteiger charge is -2.02. The summed E-state index contributed by atoms with van der Waals surface area (Å²) < 4.78 is 1.60. The van der Waals surface area contributed by atoms with Crippen molar-refractivity contribution < 1.29 is 9.90 Å². The lowest BCUT2D eigenvalue weighted by Crippen LogP contribution is -1.96. The van der Waals surface area contributed by atoms with Crippen molar-refractivity contribution in [3.05, 3.63) is 53.9 Å². The normalized spacial score (nSPS) is 10.3. The van der Waals surface area contributed by atoms with Gasteiger partial charge in [0.1, 0.15) is 0 Å². The van der Waals surface area contributed by atoms with Crippen LogP contribution in [-0.2, 0) is 0 Å². The van der Waals surface area contributed by atoms with Crippen LogP contribution in [0.1, 0.15) is 15.9 Å². The standard InChI is InChI=1S/C15H9N3O2/c1-2-10-9-16-18-8-7-13(17-14(10)18)11-3-5-12(6-4-11)15(19)20/h1,3-9H,(H,19,20). The molecule has 0 unspecified atom stereocenters. The van der Waals surface area contributed by atoms with Crippen molar-refractivity contribution in [1.29, 1.82) is 0 Å². The van der Waals surface area contributed by atoms with Gasteiger partial charge in [-0.25, -0.2) is 14.3 Å². The fourth-order valence-electron chi connectivity index (χ4n) is 1.92. The van der Waals surface area contributed by atoms with Gasteiger partial charge in [0.25, 0.3) is 0 Å². The minimum Gasteiger partial charge on any atom is -0.478 e. The van der Waals surface area contributed by atoms with Crippen molar-refractivity contribution in [2.45, 2.75) is 0 Å². The largest absolute Gasteiger partial charge is 0.478 e. The third-order valence-corrected chi connectivity index (χ3v) is 2.95. The number of aromatic nitrogens is 3. The van der Waals surface area contributed by atoms with Gasteiger partial charge in [-0.05, 0) is 18.2 Å². The van der Waals surface area contributed by atoms with Crippen LogP contribution in [-0.4, -0.2) is 25.7 Å². The van der Waals surface area contributed by atoms with Crippen LogP contribution < -0.4 is 0 Å². The number of nitrogens with zero attached hydrogens (tertiary/aromatic N) is 3. The van der Waals surface area contributed by atoms with E-state index in [1.165, 1.54) is 0 Å². The van der Waals surface area contributed by atoms with Crippen LogP contribution in [0.2, 0.25) is 0 Å². The number of benzene rings is 1. The Balaban J connectivity index is 2.09. The summed E-state index contributed by atoms with van der Waals surface area (Å²) in [6.45, 7) is 0. The van der Waals surface area contributed by atoms with E-state index in [0.717, 1.165) is 5.56 Å². The highest BCUT2D eigenvalue weighted by Crippen LogP contribution is 2.19. The van der Waals surface area contributed by atoms with E-state index in [1.54, 1.807) is 47.2 Å². The van der Waals surface area contributed by atoms with Gasteiger partial charge in [-0.15, -0.1) is 6.42 Å². The third kappa shape index (κ3) is 1.89. The highest BCUT2D eigenvalue weighted by atomic mass is 16.4. The highest BCUT2D eigenvalue weighted by molar-refractivity contribution is 5.88. The zero-order valence-electron chi connectivity index (χ0n) is 10.3. The monoisotopic (exact) mass is 263 g/mol. The number of carbonyl (C=O) groups is 1. The molecule has 0 amide bonds. The minimum atomic E-state index is -0.953. The Labute approximate surface area is 114 Å². The van der Waals surface area contributed by atoms with E-state index < -0.39 is 5.97 Å². The molecule has 3 rings (SSSR count). The van der Waals surface area contributed by atoms with Gasteiger partial charge in [-0.3, -0.25) is 0 Å². The molecule has 0 aliphatic carbocycles. The zero-order chi connectivity index (χ0) is 14.1. The number of hydrogen-bond donors (Lipinski definition) is 1. The molecule has 0 bridgehead atoms. The third-order valence-electron chi connectivity index (χ3n) is 2.95. The highest BCUT2D eigenvalue weighted by Gasteiger charge is 2.07. The molecule has 96 valence electrons. The Morgan fingerprint density at radius 2 is 2.00 bits per heavy atom. The molecule has 0 saturated carbocycles. The topological polar surface area (TPSA) is 67.5 Å². The SMILES string of the molecule is C#Cc1cnn2ccc(-c3ccc(C(=O)O)cc3)nc12. The molecule has 5 nitrogen and oxygen atoms in total. The summed E-state index contributed by atoms with van der Waals surface area (Å²) in [4.78, 5) is 15.3. The summed E-state index contributed by atoms with van der Waals surface area (Å²) in [6.07, 6.45) is 8.74. The molecule has 0 spiro atoms. The van der Waals surface area contributed by atoms with E-state index in [9.17, 15) is 4.79 Å². The molecule has 0 radical (unpaired) electrons. The summed E-state index contributed by atoms with van der Waals surface area (Å²) in [5.41, 5.74) is 3.00. The zero-order valence-corrected chi connectivity index (χ0v) is 10.3. The Kier molecular flexibility index (Phi) is 2.70. The maximum Gasteiger partial charge on any atom is 0.335 e. The summed E-state index contributed by atoms with van der Waals surface area (Å²) in [6, 6.07) is 8.32. The van der Waals surface area contributed by atoms with E-state index >= 15 is 0 Å². The van der Waals surface area contributed by atoms with Gasteiger partial charge >= 0.3 is 5.97 Å². The van der Waals surface area contributed by atoms with Crippen molar-refractivity contribution >= 4 is 11.6 Å². The van der Waals surface area contributed by atoms with Gasteiger partial charge in [-0.2, -0.15) is 5.10 Å². The number of hydrogen-bond acceptors (Lipinski definition) is 3. The lowest BCUT2D eigenvalue weighted by molar-refractivity contribution is 0.0697. The predicted octanol–water partition coefficient (Wildman–Crippen LogP) is 2.08. The quantitative estimate of drug-likeness (QED) is 0.719. The van der Waals surface area contributed by atoms with Crippen LogP contribution in [0.5, 0.6) is 0 Å². The molecule has 2 aromatic heterocycles. The number of fused-ring (bicyclic) bond motifs is 1. The molecule has 0 atom stereocenters. The summed E-state index contributed by atoms with van der Waals surface area (Å²) in [5.74, 6) is 1.58. The molecule has 3 aromatic rings. The smallest absolute Gasteiger partial charge is 0.335 e. The molecule has 5 heteroatoms. The van der Waals surface area contributed by atoms with Gasteiger partial charge in [-0.1, -0.05) is 18.1 Å². The number of terminal acetylenes is 1. The first-order valence-electron chi connectivity index (χ1n) is 5.84. The van der Waals surface area contributed by atoms with Gasteiger partial charge in [0.2, 0.25) is 0 Å². The molecule has 20 heavy (non-hydrogen) atoms. The van der Waals surface area contributed by atoms with Gasteiger partial charge in [0, 0.05) is 11.8 Å². The molecule has 0 fully saturated rings. The second-order valence-corrected chi connectivity index (χ2v) is 4.17.